The number of amides is 1. The molecule has 1 aliphatic heterocycles. The van der Waals surface area contributed by atoms with E-state index in [1.54, 1.807) is 31.2 Å². The molecule has 1 aliphatic rings. The maximum absolute atomic E-state index is 13.6. The van der Waals surface area contributed by atoms with Gasteiger partial charge in [0.1, 0.15) is 11.6 Å². The van der Waals surface area contributed by atoms with Crippen LogP contribution in [0, 0.1) is 5.82 Å². The molecular formula is C15H13FN2O2. The summed E-state index contributed by atoms with van der Waals surface area (Å²) in [5.74, 6) is -0.198. The van der Waals surface area contributed by atoms with Gasteiger partial charge in [-0.25, -0.2) is 4.39 Å². The van der Waals surface area contributed by atoms with Gasteiger partial charge in [0.25, 0.3) is 5.91 Å². The average molecular weight is 272 g/mol. The molecule has 0 aromatic heterocycles. The minimum absolute atomic E-state index is 0.0517. The lowest BCUT2D eigenvalue weighted by atomic mass is 10.1. The van der Waals surface area contributed by atoms with Crippen molar-refractivity contribution in [1.82, 2.24) is 0 Å². The number of carbonyl (C=O) groups is 1. The predicted octanol–water partition coefficient (Wildman–Crippen LogP) is 2.85. The topological polar surface area (TPSA) is 55.6 Å². The first-order valence-electron chi connectivity index (χ1n) is 6.22. The number of halogens is 1. The smallest absolute Gasteiger partial charge is 0.272 e. The molecule has 2 aromatic rings. The van der Waals surface area contributed by atoms with Crippen LogP contribution in [-0.2, 0) is 4.79 Å². The van der Waals surface area contributed by atoms with E-state index in [-0.39, 0.29) is 11.6 Å². The Balaban J connectivity index is 2.15. The summed E-state index contributed by atoms with van der Waals surface area (Å²) in [5, 5.41) is 0. The van der Waals surface area contributed by atoms with Gasteiger partial charge < -0.3 is 10.5 Å². The summed E-state index contributed by atoms with van der Waals surface area (Å²) in [6.07, 6.45) is -0.620. The molecule has 0 saturated heterocycles. The number of ether oxygens (including phenoxy) is 1. The van der Waals surface area contributed by atoms with E-state index in [2.05, 4.69) is 0 Å². The quantitative estimate of drug-likeness (QED) is 0.812. The van der Waals surface area contributed by atoms with Crippen molar-refractivity contribution in [3.8, 4) is 5.75 Å². The highest BCUT2D eigenvalue weighted by molar-refractivity contribution is 6.05. The van der Waals surface area contributed by atoms with Gasteiger partial charge in [-0.15, -0.1) is 0 Å². The fourth-order valence-corrected chi connectivity index (χ4v) is 2.20. The zero-order valence-corrected chi connectivity index (χ0v) is 10.8. The molecule has 0 aliphatic carbocycles. The van der Waals surface area contributed by atoms with Crippen LogP contribution >= 0.6 is 0 Å². The molecule has 1 heterocycles. The number of hydrogen-bond donors (Lipinski definition) is 1. The van der Waals surface area contributed by atoms with E-state index in [0.29, 0.717) is 17.1 Å². The van der Waals surface area contributed by atoms with Crippen molar-refractivity contribution in [3.63, 3.8) is 0 Å². The monoisotopic (exact) mass is 272 g/mol. The SMILES string of the molecule is CC1Oc2ccccc2N(c2ccc(N)c(F)c2)C1=O. The van der Waals surface area contributed by atoms with Crippen LogP contribution in [0.1, 0.15) is 6.92 Å². The maximum Gasteiger partial charge on any atom is 0.272 e. The largest absolute Gasteiger partial charge is 0.479 e. The summed E-state index contributed by atoms with van der Waals surface area (Å²) < 4.78 is 19.2. The molecule has 4 nitrogen and oxygen atoms in total. The van der Waals surface area contributed by atoms with E-state index in [1.165, 1.54) is 17.0 Å². The molecule has 102 valence electrons. The van der Waals surface area contributed by atoms with Crippen LogP contribution < -0.4 is 15.4 Å². The molecule has 0 radical (unpaired) electrons. The molecule has 1 atom stereocenters. The highest BCUT2D eigenvalue weighted by Gasteiger charge is 2.32. The van der Waals surface area contributed by atoms with E-state index >= 15 is 0 Å². The highest BCUT2D eigenvalue weighted by atomic mass is 19.1. The number of carbonyl (C=O) groups excluding carboxylic acids is 1. The molecule has 0 bridgehead atoms. The molecule has 2 aromatic carbocycles. The number of para-hydroxylation sites is 2. The normalized spacial score (nSPS) is 17.6. The number of nitrogens with two attached hydrogens (primary N) is 1. The summed E-state index contributed by atoms with van der Waals surface area (Å²) >= 11 is 0. The molecule has 2 N–H and O–H groups in total. The molecule has 5 heteroatoms. The molecule has 0 spiro atoms. The van der Waals surface area contributed by atoms with E-state index in [9.17, 15) is 9.18 Å². The van der Waals surface area contributed by atoms with E-state index in [1.807, 2.05) is 6.07 Å². The van der Waals surface area contributed by atoms with Gasteiger partial charge >= 0.3 is 0 Å². The summed E-state index contributed by atoms with van der Waals surface area (Å²) in [7, 11) is 0. The van der Waals surface area contributed by atoms with Crippen molar-refractivity contribution in [3.05, 3.63) is 48.3 Å². The van der Waals surface area contributed by atoms with Crippen molar-refractivity contribution < 1.29 is 13.9 Å². The number of hydrogen-bond acceptors (Lipinski definition) is 3. The third-order valence-electron chi connectivity index (χ3n) is 3.22. The second-order valence-corrected chi connectivity index (χ2v) is 4.61. The third kappa shape index (κ3) is 1.87. The van der Waals surface area contributed by atoms with Crippen LogP contribution in [0.25, 0.3) is 0 Å². The number of anilines is 3. The van der Waals surface area contributed by atoms with Gasteiger partial charge in [-0.05, 0) is 31.2 Å². The Morgan fingerprint density at radius 3 is 2.75 bits per heavy atom. The van der Waals surface area contributed by atoms with Crippen LogP contribution in [0.4, 0.5) is 21.5 Å². The fourth-order valence-electron chi connectivity index (χ4n) is 2.20. The Labute approximate surface area is 115 Å². The van der Waals surface area contributed by atoms with Gasteiger partial charge in [0.15, 0.2) is 6.10 Å². The number of nitrogens with zero attached hydrogens (tertiary/aromatic N) is 1. The van der Waals surface area contributed by atoms with Crippen molar-refractivity contribution in [2.24, 2.45) is 0 Å². The second-order valence-electron chi connectivity index (χ2n) is 4.61. The van der Waals surface area contributed by atoms with Crippen LogP contribution in [0.5, 0.6) is 5.75 Å². The highest BCUT2D eigenvalue weighted by Crippen LogP contribution is 2.39. The lowest BCUT2D eigenvalue weighted by Crippen LogP contribution is -2.41. The Morgan fingerprint density at radius 1 is 1.25 bits per heavy atom. The van der Waals surface area contributed by atoms with Gasteiger partial charge in [0, 0.05) is 6.07 Å². The third-order valence-corrected chi connectivity index (χ3v) is 3.22. The number of rotatable bonds is 1. The summed E-state index contributed by atoms with van der Waals surface area (Å²) in [5.41, 5.74) is 6.55. The molecule has 1 unspecified atom stereocenters. The summed E-state index contributed by atoms with van der Waals surface area (Å²) in [6.45, 7) is 1.67. The first-order chi connectivity index (χ1) is 9.58. The molecule has 3 rings (SSSR count). The van der Waals surface area contributed by atoms with E-state index < -0.39 is 11.9 Å². The van der Waals surface area contributed by atoms with Crippen LogP contribution in [0.15, 0.2) is 42.5 Å². The zero-order chi connectivity index (χ0) is 14.3. The minimum atomic E-state index is -0.620. The minimum Gasteiger partial charge on any atom is -0.479 e. The molecule has 0 fully saturated rings. The molecule has 20 heavy (non-hydrogen) atoms. The van der Waals surface area contributed by atoms with Crippen LogP contribution in [-0.4, -0.2) is 12.0 Å². The fraction of sp³-hybridized carbons (Fsp3) is 0.133. The Bertz CT molecular complexity index is 687. The van der Waals surface area contributed by atoms with Crippen LogP contribution in [0.2, 0.25) is 0 Å². The lowest BCUT2D eigenvalue weighted by Gasteiger charge is -2.33. The Kier molecular flexibility index (Phi) is 2.82. The number of benzene rings is 2. The van der Waals surface area contributed by atoms with Crippen molar-refractivity contribution in [2.45, 2.75) is 13.0 Å². The number of nitrogen functional groups attached to an aromatic ring is 1. The van der Waals surface area contributed by atoms with Crippen LogP contribution in [0.3, 0.4) is 0 Å². The summed E-state index contributed by atoms with van der Waals surface area (Å²) in [4.78, 5) is 13.8. The first kappa shape index (κ1) is 12.5. The van der Waals surface area contributed by atoms with Crippen molar-refractivity contribution in [1.29, 1.82) is 0 Å². The molecular weight excluding hydrogens is 259 g/mol. The number of fused-ring (bicyclic) bond motifs is 1. The van der Waals surface area contributed by atoms with Crippen molar-refractivity contribution >= 4 is 23.0 Å². The predicted molar refractivity (Wildman–Crippen MR) is 74.5 cm³/mol. The van der Waals surface area contributed by atoms with Gasteiger partial charge in [-0.1, -0.05) is 12.1 Å². The maximum atomic E-state index is 13.6. The second kappa shape index (κ2) is 4.52. The Hall–Kier alpha value is -2.56. The molecule has 1 amide bonds. The average Bonchev–Trinajstić information content (AvgIpc) is 2.44. The van der Waals surface area contributed by atoms with E-state index in [4.69, 9.17) is 10.5 Å². The van der Waals surface area contributed by atoms with Gasteiger partial charge in [-0.2, -0.15) is 0 Å². The summed E-state index contributed by atoms with van der Waals surface area (Å²) in [6, 6.07) is 11.5. The van der Waals surface area contributed by atoms with E-state index in [0.717, 1.165) is 0 Å². The zero-order valence-electron chi connectivity index (χ0n) is 10.8. The van der Waals surface area contributed by atoms with Gasteiger partial charge in [-0.3, -0.25) is 9.69 Å². The first-order valence-corrected chi connectivity index (χ1v) is 6.22. The van der Waals surface area contributed by atoms with Gasteiger partial charge in [0.2, 0.25) is 0 Å². The Morgan fingerprint density at radius 2 is 2.00 bits per heavy atom. The molecule has 0 saturated carbocycles. The van der Waals surface area contributed by atoms with Crippen molar-refractivity contribution in [2.75, 3.05) is 10.6 Å². The van der Waals surface area contributed by atoms with Gasteiger partial charge in [0.05, 0.1) is 17.1 Å². The lowest BCUT2D eigenvalue weighted by molar-refractivity contribution is -0.124. The standard InChI is InChI=1S/C15H13FN2O2/c1-9-15(19)18(10-6-7-12(17)11(16)8-10)13-4-2-3-5-14(13)20-9/h2-9H,17H2,1H3.